The van der Waals surface area contributed by atoms with E-state index in [0.29, 0.717) is 5.56 Å². The molecular weight excluding hydrogens is 204 g/mol. The maximum atomic E-state index is 10.8. The second-order valence-corrected chi connectivity index (χ2v) is 4.21. The third kappa shape index (κ3) is 1.93. The first-order valence-electron chi connectivity index (χ1n) is 4.03. The van der Waals surface area contributed by atoms with E-state index in [9.17, 15) is 9.59 Å². The van der Waals surface area contributed by atoms with Crippen molar-refractivity contribution in [1.29, 1.82) is 0 Å². The summed E-state index contributed by atoms with van der Waals surface area (Å²) in [4.78, 5) is 21.6. The number of rotatable bonds is 3. The fourth-order valence-electron chi connectivity index (χ4n) is 1.11. The van der Waals surface area contributed by atoms with E-state index < -0.39 is 11.9 Å². The van der Waals surface area contributed by atoms with Crippen LogP contribution in [-0.4, -0.2) is 22.2 Å². The summed E-state index contributed by atoms with van der Waals surface area (Å²) in [7, 11) is 0. The quantitative estimate of drug-likeness (QED) is 0.809. The molecule has 1 heterocycles. The molecule has 0 saturated heterocycles. The molecule has 14 heavy (non-hydrogen) atoms. The summed E-state index contributed by atoms with van der Waals surface area (Å²) in [5.41, 5.74) is 0.583. The van der Waals surface area contributed by atoms with E-state index in [4.69, 9.17) is 10.2 Å². The standard InChI is InChI=1S/C9H10O4S/c1-4(2)5-3-6(8(10)11)14-7(5)9(12)13/h3-4H,1-2H3,(H,10,11)(H,12,13). The van der Waals surface area contributed by atoms with E-state index in [1.165, 1.54) is 6.07 Å². The molecule has 1 rings (SSSR count). The van der Waals surface area contributed by atoms with Gasteiger partial charge in [-0.2, -0.15) is 0 Å². The molecule has 2 N–H and O–H groups in total. The van der Waals surface area contributed by atoms with Gasteiger partial charge < -0.3 is 10.2 Å². The van der Waals surface area contributed by atoms with Crippen molar-refractivity contribution in [1.82, 2.24) is 0 Å². The fourth-order valence-corrected chi connectivity index (χ4v) is 2.10. The molecule has 5 heteroatoms. The second-order valence-electron chi connectivity index (χ2n) is 3.16. The van der Waals surface area contributed by atoms with Gasteiger partial charge in [-0.25, -0.2) is 9.59 Å². The van der Waals surface area contributed by atoms with Crippen molar-refractivity contribution < 1.29 is 19.8 Å². The van der Waals surface area contributed by atoms with Gasteiger partial charge in [0.1, 0.15) is 9.75 Å². The Balaban J connectivity index is 3.26. The summed E-state index contributed by atoms with van der Waals surface area (Å²) >= 11 is 0.805. The summed E-state index contributed by atoms with van der Waals surface area (Å²) in [5.74, 6) is -2.12. The number of aromatic carboxylic acids is 2. The van der Waals surface area contributed by atoms with Crippen molar-refractivity contribution in [3.05, 3.63) is 21.4 Å². The SMILES string of the molecule is CC(C)c1cc(C(=O)O)sc1C(=O)O. The molecule has 0 fully saturated rings. The zero-order valence-corrected chi connectivity index (χ0v) is 8.59. The van der Waals surface area contributed by atoms with E-state index in [1.54, 1.807) is 0 Å². The van der Waals surface area contributed by atoms with Crippen LogP contribution in [0.1, 0.15) is 44.7 Å². The first-order chi connectivity index (χ1) is 6.43. The Bertz CT molecular complexity index is 378. The van der Waals surface area contributed by atoms with Crippen LogP contribution in [-0.2, 0) is 0 Å². The molecule has 0 aliphatic heterocycles. The van der Waals surface area contributed by atoms with E-state index in [0.717, 1.165) is 11.3 Å². The highest BCUT2D eigenvalue weighted by Crippen LogP contribution is 2.28. The van der Waals surface area contributed by atoms with Gasteiger partial charge in [-0.1, -0.05) is 13.8 Å². The van der Waals surface area contributed by atoms with Crippen molar-refractivity contribution in [3.8, 4) is 0 Å². The van der Waals surface area contributed by atoms with Gasteiger partial charge in [-0.15, -0.1) is 11.3 Å². The number of hydrogen-bond donors (Lipinski definition) is 2. The molecule has 0 radical (unpaired) electrons. The lowest BCUT2D eigenvalue weighted by Crippen LogP contribution is -1.98. The van der Waals surface area contributed by atoms with E-state index >= 15 is 0 Å². The summed E-state index contributed by atoms with van der Waals surface area (Å²) in [5, 5.41) is 17.5. The normalized spacial score (nSPS) is 10.5. The van der Waals surface area contributed by atoms with E-state index in [2.05, 4.69) is 0 Å². The van der Waals surface area contributed by atoms with Gasteiger partial charge in [-0.05, 0) is 17.5 Å². The summed E-state index contributed by atoms with van der Waals surface area (Å²) in [6.45, 7) is 3.67. The zero-order chi connectivity index (χ0) is 10.9. The van der Waals surface area contributed by atoms with Gasteiger partial charge in [0, 0.05) is 0 Å². The van der Waals surface area contributed by atoms with Crippen molar-refractivity contribution in [2.24, 2.45) is 0 Å². The highest BCUT2D eigenvalue weighted by Gasteiger charge is 2.20. The molecule has 4 nitrogen and oxygen atoms in total. The highest BCUT2D eigenvalue weighted by molar-refractivity contribution is 7.16. The molecule has 0 bridgehead atoms. The molecule has 1 aromatic heterocycles. The minimum absolute atomic E-state index is 0.0189. The Labute approximate surface area is 84.8 Å². The van der Waals surface area contributed by atoms with Crippen LogP contribution >= 0.6 is 11.3 Å². The van der Waals surface area contributed by atoms with Crippen LogP contribution in [0.5, 0.6) is 0 Å². The van der Waals surface area contributed by atoms with Crippen molar-refractivity contribution >= 4 is 23.3 Å². The minimum Gasteiger partial charge on any atom is -0.477 e. The molecule has 1 aromatic rings. The van der Waals surface area contributed by atoms with Gasteiger partial charge in [0.2, 0.25) is 0 Å². The third-order valence-electron chi connectivity index (χ3n) is 1.79. The molecule has 0 aliphatic carbocycles. The molecule has 0 aliphatic rings. The highest BCUT2D eigenvalue weighted by atomic mass is 32.1. The fraction of sp³-hybridized carbons (Fsp3) is 0.333. The van der Waals surface area contributed by atoms with Gasteiger partial charge in [0.05, 0.1) is 0 Å². The Kier molecular flexibility index (Phi) is 2.90. The minimum atomic E-state index is -1.08. The number of carboxylic acids is 2. The van der Waals surface area contributed by atoms with Crippen LogP contribution in [0.3, 0.4) is 0 Å². The smallest absolute Gasteiger partial charge is 0.346 e. The van der Waals surface area contributed by atoms with Gasteiger partial charge in [0.15, 0.2) is 0 Å². The van der Waals surface area contributed by atoms with Crippen LogP contribution in [0.2, 0.25) is 0 Å². The first kappa shape index (κ1) is 10.7. The van der Waals surface area contributed by atoms with E-state index in [1.807, 2.05) is 13.8 Å². The number of thiophene rings is 1. The maximum absolute atomic E-state index is 10.8. The topological polar surface area (TPSA) is 74.6 Å². The average Bonchev–Trinajstić information content (AvgIpc) is 2.47. The Morgan fingerprint density at radius 3 is 2.14 bits per heavy atom. The molecule has 0 saturated carbocycles. The molecule has 0 unspecified atom stereocenters. The predicted molar refractivity (Wildman–Crippen MR) is 52.3 cm³/mol. The first-order valence-corrected chi connectivity index (χ1v) is 4.85. The lowest BCUT2D eigenvalue weighted by molar-refractivity contribution is 0.0692. The lowest BCUT2D eigenvalue weighted by Gasteiger charge is -2.01. The van der Waals surface area contributed by atoms with Crippen LogP contribution in [0.4, 0.5) is 0 Å². The number of carbonyl (C=O) groups is 2. The maximum Gasteiger partial charge on any atom is 0.346 e. The van der Waals surface area contributed by atoms with Crippen LogP contribution in [0.15, 0.2) is 6.07 Å². The molecular formula is C9H10O4S. The summed E-state index contributed by atoms with van der Waals surface area (Å²) in [6, 6.07) is 1.43. The largest absolute Gasteiger partial charge is 0.477 e. The summed E-state index contributed by atoms with van der Waals surface area (Å²) in [6.07, 6.45) is 0. The third-order valence-corrected chi connectivity index (χ3v) is 2.91. The second kappa shape index (κ2) is 3.79. The molecule has 0 spiro atoms. The molecule has 0 atom stereocenters. The lowest BCUT2D eigenvalue weighted by atomic mass is 10.0. The van der Waals surface area contributed by atoms with Gasteiger partial charge in [0.25, 0.3) is 0 Å². The molecule has 76 valence electrons. The van der Waals surface area contributed by atoms with Crippen LogP contribution in [0, 0.1) is 0 Å². The number of hydrogen-bond acceptors (Lipinski definition) is 3. The molecule has 0 amide bonds. The Morgan fingerprint density at radius 2 is 1.86 bits per heavy atom. The van der Waals surface area contributed by atoms with Crippen molar-refractivity contribution in [3.63, 3.8) is 0 Å². The Hall–Kier alpha value is -1.36. The van der Waals surface area contributed by atoms with Crippen molar-refractivity contribution in [2.45, 2.75) is 19.8 Å². The monoisotopic (exact) mass is 214 g/mol. The van der Waals surface area contributed by atoms with E-state index in [-0.39, 0.29) is 15.7 Å². The zero-order valence-electron chi connectivity index (χ0n) is 7.77. The summed E-state index contributed by atoms with van der Waals surface area (Å²) < 4.78 is 0. The van der Waals surface area contributed by atoms with Gasteiger partial charge >= 0.3 is 11.9 Å². The van der Waals surface area contributed by atoms with Gasteiger partial charge in [-0.3, -0.25) is 0 Å². The Morgan fingerprint density at radius 1 is 1.29 bits per heavy atom. The average molecular weight is 214 g/mol. The van der Waals surface area contributed by atoms with Crippen LogP contribution in [0.25, 0.3) is 0 Å². The van der Waals surface area contributed by atoms with Crippen LogP contribution < -0.4 is 0 Å². The predicted octanol–water partition coefficient (Wildman–Crippen LogP) is 2.27. The number of carboxylic acid groups (broad SMARTS) is 2. The molecule has 0 aromatic carbocycles. The van der Waals surface area contributed by atoms with Crippen molar-refractivity contribution in [2.75, 3.05) is 0 Å².